The van der Waals surface area contributed by atoms with Crippen LogP contribution in [-0.4, -0.2) is 40.7 Å². The van der Waals surface area contributed by atoms with Crippen molar-refractivity contribution in [3.8, 4) is 0 Å². The molecule has 0 saturated heterocycles. The second-order valence-electron chi connectivity index (χ2n) is 3.92. The van der Waals surface area contributed by atoms with Crippen LogP contribution < -0.4 is 5.73 Å². The monoisotopic (exact) mass is 223 g/mol. The second-order valence-corrected chi connectivity index (χ2v) is 3.92. The van der Waals surface area contributed by atoms with Gasteiger partial charge in [-0.05, 0) is 25.1 Å². The minimum Gasteiger partial charge on any atom is -0.396 e. The Labute approximate surface area is 97.1 Å². The molecule has 0 bridgehead atoms. The molecule has 0 aliphatic rings. The van der Waals surface area contributed by atoms with Crippen molar-refractivity contribution in [1.82, 2.24) is 9.88 Å². The van der Waals surface area contributed by atoms with E-state index in [2.05, 4.69) is 16.8 Å². The fourth-order valence-electron chi connectivity index (χ4n) is 1.61. The highest BCUT2D eigenvalue weighted by Gasteiger charge is 2.09. The summed E-state index contributed by atoms with van der Waals surface area (Å²) in [5.41, 5.74) is 6.95. The van der Waals surface area contributed by atoms with Crippen LogP contribution in [0.2, 0.25) is 0 Å². The van der Waals surface area contributed by atoms with E-state index in [1.54, 1.807) is 6.20 Å². The first-order valence-corrected chi connectivity index (χ1v) is 5.75. The smallest absolute Gasteiger partial charge is 0.0543 e. The van der Waals surface area contributed by atoms with Crippen molar-refractivity contribution in [3.05, 3.63) is 30.1 Å². The molecule has 1 aromatic heterocycles. The molecule has 1 heterocycles. The number of aliphatic hydroxyl groups is 1. The van der Waals surface area contributed by atoms with Gasteiger partial charge in [0.15, 0.2) is 0 Å². The van der Waals surface area contributed by atoms with Crippen molar-refractivity contribution in [1.29, 1.82) is 0 Å². The molecule has 0 spiro atoms. The fraction of sp³-hybridized carbons (Fsp3) is 0.583. The van der Waals surface area contributed by atoms with Gasteiger partial charge in [0, 0.05) is 31.9 Å². The number of nitrogens with two attached hydrogens (primary N) is 1. The van der Waals surface area contributed by atoms with E-state index >= 15 is 0 Å². The largest absolute Gasteiger partial charge is 0.396 e. The van der Waals surface area contributed by atoms with E-state index in [1.807, 2.05) is 18.2 Å². The van der Waals surface area contributed by atoms with E-state index in [0.29, 0.717) is 6.42 Å². The van der Waals surface area contributed by atoms with Gasteiger partial charge in [0.25, 0.3) is 0 Å². The number of hydrogen-bond acceptors (Lipinski definition) is 4. The zero-order valence-electron chi connectivity index (χ0n) is 9.84. The topological polar surface area (TPSA) is 62.4 Å². The SMILES string of the molecule is CCN(Cc1ccccn1)CC(N)CCO. The maximum absolute atomic E-state index is 8.80. The van der Waals surface area contributed by atoms with Gasteiger partial charge >= 0.3 is 0 Å². The predicted octanol–water partition coefficient (Wildman–Crippen LogP) is 0.613. The lowest BCUT2D eigenvalue weighted by atomic mass is 10.2. The minimum absolute atomic E-state index is 0.0358. The van der Waals surface area contributed by atoms with E-state index < -0.39 is 0 Å². The number of likely N-dealkylation sites (N-methyl/N-ethyl adjacent to an activating group) is 1. The van der Waals surface area contributed by atoms with Crippen molar-refractivity contribution in [3.63, 3.8) is 0 Å². The van der Waals surface area contributed by atoms with Gasteiger partial charge in [-0.25, -0.2) is 0 Å². The summed E-state index contributed by atoms with van der Waals surface area (Å²) in [4.78, 5) is 6.53. The van der Waals surface area contributed by atoms with Crippen LogP contribution in [0.3, 0.4) is 0 Å². The van der Waals surface area contributed by atoms with Crippen LogP contribution in [0.5, 0.6) is 0 Å². The molecule has 0 fully saturated rings. The third-order valence-electron chi connectivity index (χ3n) is 2.55. The lowest BCUT2D eigenvalue weighted by molar-refractivity contribution is 0.224. The van der Waals surface area contributed by atoms with Crippen molar-refractivity contribution in [2.24, 2.45) is 5.73 Å². The van der Waals surface area contributed by atoms with Gasteiger partial charge < -0.3 is 10.8 Å². The van der Waals surface area contributed by atoms with Crippen molar-refractivity contribution < 1.29 is 5.11 Å². The van der Waals surface area contributed by atoms with E-state index in [0.717, 1.165) is 25.3 Å². The lowest BCUT2D eigenvalue weighted by Gasteiger charge is -2.23. The molecule has 0 amide bonds. The Kier molecular flexibility index (Phi) is 6.00. The van der Waals surface area contributed by atoms with Crippen LogP contribution in [-0.2, 0) is 6.54 Å². The molecule has 4 nitrogen and oxygen atoms in total. The maximum Gasteiger partial charge on any atom is 0.0543 e. The highest BCUT2D eigenvalue weighted by Crippen LogP contribution is 2.02. The van der Waals surface area contributed by atoms with Gasteiger partial charge in [0.2, 0.25) is 0 Å². The van der Waals surface area contributed by atoms with Gasteiger partial charge in [-0.1, -0.05) is 13.0 Å². The molecule has 0 radical (unpaired) electrons. The standard InChI is InChI=1S/C12H21N3O/c1-2-15(9-11(13)6-8-16)10-12-5-3-4-7-14-12/h3-5,7,11,16H,2,6,8-10,13H2,1H3. The quantitative estimate of drug-likeness (QED) is 0.711. The Morgan fingerprint density at radius 1 is 1.50 bits per heavy atom. The third kappa shape index (κ3) is 4.70. The third-order valence-corrected chi connectivity index (χ3v) is 2.55. The summed E-state index contributed by atoms with van der Waals surface area (Å²) in [7, 11) is 0. The summed E-state index contributed by atoms with van der Waals surface area (Å²) in [6.07, 6.45) is 2.45. The molecular formula is C12H21N3O. The summed E-state index contributed by atoms with van der Waals surface area (Å²) < 4.78 is 0. The van der Waals surface area contributed by atoms with Gasteiger partial charge in [-0.15, -0.1) is 0 Å². The summed E-state index contributed by atoms with van der Waals surface area (Å²) >= 11 is 0. The molecule has 0 aliphatic heterocycles. The van der Waals surface area contributed by atoms with E-state index in [4.69, 9.17) is 10.8 Å². The zero-order valence-corrected chi connectivity index (χ0v) is 9.84. The molecule has 0 aromatic carbocycles. The average molecular weight is 223 g/mol. The molecule has 90 valence electrons. The Morgan fingerprint density at radius 2 is 2.31 bits per heavy atom. The van der Waals surface area contributed by atoms with Crippen LogP contribution in [0, 0.1) is 0 Å². The van der Waals surface area contributed by atoms with Crippen molar-refractivity contribution in [2.75, 3.05) is 19.7 Å². The molecule has 0 aliphatic carbocycles. The first-order valence-electron chi connectivity index (χ1n) is 5.75. The van der Waals surface area contributed by atoms with E-state index in [-0.39, 0.29) is 12.6 Å². The molecule has 4 heteroatoms. The Morgan fingerprint density at radius 3 is 2.88 bits per heavy atom. The molecule has 3 N–H and O–H groups in total. The predicted molar refractivity (Wildman–Crippen MR) is 64.9 cm³/mol. The molecule has 1 rings (SSSR count). The first kappa shape index (κ1) is 13.1. The number of aromatic nitrogens is 1. The molecule has 1 aromatic rings. The van der Waals surface area contributed by atoms with Crippen molar-refractivity contribution in [2.45, 2.75) is 25.9 Å². The molecule has 1 unspecified atom stereocenters. The van der Waals surface area contributed by atoms with E-state index in [1.165, 1.54) is 0 Å². The number of nitrogens with zero attached hydrogens (tertiary/aromatic N) is 2. The fourth-order valence-corrected chi connectivity index (χ4v) is 1.61. The van der Waals surface area contributed by atoms with E-state index in [9.17, 15) is 0 Å². The summed E-state index contributed by atoms with van der Waals surface area (Å²) in [6, 6.07) is 5.95. The molecular weight excluding hydrogens is 202 g/mol. The average Bonchev–Trinajstić information content (AvgIpc) is 2.30. The van der Waals surface area contributed by atoms with Crippen LogP contribution in [0.25, 0.3) is 0 Å². The second kappa shape index (κ2) is 7.33. The van der Waals surface area contributed by atoms with Crippen LogP contribution in [0.1, 0.15) is 19.0 Å². The maximum atomic E-state index is 8.80. The summed E-state index contributed by atoms with van der Waals surface area (Å²) in [5, 5.41) is 8.80. The van der Waals surface area contributed by atoms with Crippen molar-refractivity contribution >= 4 is 0 Å². The normalized spacial score (nSPS) is 13.0. The van der Waals surface area contributed by atoms with Crippen LogP contribution >= 0.6 is 0 Å². The highest BCUT2D eigenvalue weighted by atomic mass is 16.3. The molecule has 0 saturated carbocycles. The van der Waals surface area contributed by atoms with Crippen LogP contribution in [0.15, 0.2) is 24.4 Å². The number of rotatable bonds is 7. The van der Waals surface area contributed by atoms with Gasteiger partial charge in [0.05, 0.1) is 5.69 Å². The van der Waals surface area contributed by atoms with Gasteiger partial charge in [0.1, 0.15) is 0 Å². The molecule has 16 heavy (non-hydrogen) atoms. The number of pyridine rings is 1. The van der Waals surface area contributed by atoms with Gasteiger partial charge in [-0.3, -0.25) is 9.88 Å². The van der Waals surface area contributed by atoms with Crippen LogP contribution in [0.4, 0.5) is 0 Å². The highest BCUT2D eigenvalue weighted by molar-refractivity contribution is 5.03. The minimum atomic E-state index is 0.0358. The summed E-state index contributed by atoms with van der Waals surface area (Å²) in [6.45, 7) is 4.82. The lowest BCUT2D eigenvalue weighted by Crippen LogP contribution is -2.37. The Balaban J connectivity index is 2.43. The zero-order chi connectivity index (χ0) is 11.8. The number of aliphatic hydroxyl groups excluding tert-OH is 1. The first-order chi connectivity index (χ1) is 7.76. The Bertz CT molecular complexity index is 279. The Hall–Kier alpha value is -0.970. The van der Waals surface area contributed by atoms with Gasteiger partial charge in [-0.2, -0.15) is 0 Å². The summed E-state index contributed by atoms with van der Waals surface area (Å²) in [5.74, 6) is 0. The number of hydrogen-bond donors (Lipinski definition) is 2. The molecule has 1 atom stereocenters.